The van der Waals surface area contributed by atoms with Crippen LogP contribution in [0.15, 0.2) is 24.3 Å². The first-order chi connectivity index (χ1) is 11.4. The van der Waals surface area contributed by atoms with Crippen molar-refractivity contribution >= 4 is 5.78 Å². The van der Waals surface area contributed by atoms with Crippen molar-refractivity contribution in [2.24, 2.45) is 5.92 Å². The zero-order valence-corrected chi connectivity index (χ0v) is 15.0. The summed E-state index contributed by atoms with van der Waals surface area (Å²) >= 11 is 0. The van der Waals surface area contributed by atoms with Crippen molar-refractivity contribution in [3.05, 3.63) is 35.4 Å². The maximum absolute atomic E-state index is 13.1. The van der Waals surface area contributed by atoms with E-state index < -0.39 is 11.7 Å². The summed E-state index contributed by atoms with van der Waals surface area (Å²) in [6, 6.07) is 6.86. The molecule has 0 bridgehead atoms. The maximum atomic E-state index is 13.1. The minimum Gasteiger partial charge on any atom is -0.287 e. The van der Waals surface area contributed by atoms with Crippen molar-refractivity contribution in [3.8, 4) is 0 Å². The van der Waals surface area contributed by atoms with Gasteiger partial charge in [-0.15, -0.1) is 0 Å². The second kappa shape index (κ2) is 8.73. The molecule has 0 heterocycles. The minimum absolute atomic E-state index is 0.107. The molecule has 0 unspecified atom stereocenters. The predicted octanol–water partition coefficient (Wildman–Crippen LogP) is 6.77. The van der Waals surface area contributed by atoms with E-state index in [9.17, 15) is 13.6 Å². The summed E-state index contributed by atoms with van der Waals surface area (Å²) in [5.74, 6) is -3.01. The van der Waals surface area contributed by atoms with Crippen LogP contribution in [0.1, 0.15) is 93.5 Å². The normalized spacial score (nSPS) is 21.7. The van der Waals surface area contributed by atoms with Crippen molar-refractivity contribution in [1.29, 1.82) is 0 Å². The van der Waals surface area contributed by atoms with Gasteiger partial charge in [-0.25, -0.2) is 0 Å². The highest BCUT2D eigenvalue weighted by Gasteiger charge is 2.33. The molecule has 2 rings (SSSR count). The SMILES string of the molecule is CCCCCCC1CCC(c2ccc(C(=O)C(C)(F)F)cc2)CC1. The lowest BCUT2D eigenvalue weighted by Gasteiger charge is -2.29. The summed E-state index contributed by atoms with van der Waals surface area (Å²) in [7, 11) is 0. The molecule has 0 radical (unpaired) electrons. The summed E-state index contributed by atoms with van der Waals surface area (Å²) in [5.41, 5.74) is 1.30. The van der Waals surface area contributed by atoms with Crippen molar-refractivity contribution in [1.82, 2.24) is 0 Å². The van der Waals surface area contributed by atoms with E-state index in [1.807, 2.05) is 12.1 Å². The molecular formula is C21H30F2O. The summed E-state index contributed by atoms with van der Waals surface area (Å²) in [4.78, 5) is 11.6. The molecule has 1 aliphatic carbocycles. The molecule has 134 valence electrons. The van der Waals surface area contributed by atoms with Gasteiger partial charge in [-0.05, 0) is 43.1 Å². The van der Waals surface area contributed by atoms with E-state index in [4.69, 9.17) is 0 Å². The summed E-state index contributed by atoms with van der Waals surface area (Å²) < 4.78 is 26.2. The fourth-order valence-corrected chi connectivity index (χ4v) is 3.80. The molecule has 0 saturated heterocycles. The molecule has 1 aromatic rings. The summed E-state index contributed by atoms with van der Waals surface area (Å²) in [6.45, 7) is 2.90. The Bertz CT molecular complexity index is 508. The molecule has 1 aromatic carbocycles. The van der Waals surface area contributed by atoms with Gasteiger partial charge in [0, 0.05) is 12.5 Å². The molecule has 1 fully saturated rings. The molecule has 0 atom stereocenters. The number of hydrogen-bond acceptors (Lipinski definition) is 1. The highest BCUT2D eigenvalue weighted by molar-refractivity contribution is 6.01. The average Bonchev–Trinajstić information content (AvgIpc) is 2.58. The smallest absolute Gasteiger partial charge is 0.287 e. The van der Waals surface area contributed by atoms with Crippen molar-refractivity contribution in [2.75, 3.05) is 0 Å². The molecule has 3 heteroatoms. The Balaban J connectivity index is 1.83. The van der Waals surface area contributed by atoms with Gasteiger partial charge in [-0.2, -0.15) is 8.78 Å². The molecule has 1 nitrogen and oxygen atoms in total. The Morgan fingerprint density at radius 3 is 2.21 bits per heavy atom. The molecule has 1 aliphatic rings. The molecular weight excluding hydrogens is 306 g/mol. The third-order valence-electron chi connectivity index (χ3n) is 5.36. The van der Waals surface area contributed by atoms with Crippen LogP contribution < -0.4 is 0 Å². The van der Waals surface area contributed by atoms with Crippen LogP contribution in [0, 0.1) is 5.92 Å². The number of ketones is 1. The summed E-state index contributed by atoms with van der Waals surface area (Å²) in [5, 5.41) is 0. The third-order valence-corrected chi connectivity index (χ3v) is 5.36. The zero-order chi connectivity index (χ0) is 17.6. The Morgan fingerprint density at radius 1 is 1.04 bits per heavy atom. The Hall–Kier alpha value is -1.25. The van der Waals surface area contributed by atoms with Crippen LogP contribution >= 0.6 is 0 Å². The zero-order valence-electron chi connectivity index (χ0n) is 15.0. The molecule has 0 amide bonds. The number of carbonyl (C=O) groups is 1. The van der Waals surface area contributed by atoms with Crippen molar-refractivity contribution in [3.63, 3.8) is 0 Å². The molecule has 0 aliphatic heterocycles. The Labute approximate surface area is 144 Å². The van der Waals surface area contributed by atoms with Crippen LogP contribution in [-0.4, -0.2) is 11.7 Å². The van der Waals surface area contributed by atoms with Crippen LogP contribution in [0.3, 0.4) is 0 Å². The van der Waals surface area contributed by atoms with Crippen molar-refractivity contribution in [2.45, 2.75) is 83.5 Å². The van der Waals surface area contributed by atoms with Gasteiger partial charge in [0.05, 0.1) is 0 Å². The first-order valence-electron chi connectivity index (χ1n) is 9.44. The monoisotopic (exact) mass is 336 g/mol. The van der Waals surface area contributed by atoms with E-state index in [0.717, 1.165) is 5.92 Å². The third kappa shape index (κ3) is 5.39. The van der Waals surface area contributed by atoms with Gasteiger partial charge in [0.15, 0.2) is 0 Å². The molecule has 0 spiro atoms. The predicted molar refractivity (Wildman–Crippen MR) is 94.9 cm³/mol. The number of hydrogen-bond donors (Lipinski definition) is 0. The molecule has 0 N–H and O–H groups in total. The van der Waals surface area contributed by atoms with Crippen LogP contribution in [0.4, 0.5) is 8.78 Å². The fraction of sp³-hybridized carbons (Fsp3) is 0.667. The number of halogens is 2. The van der Waals surface area contributed by atoms with E-state index >= 15 is 0 Å². The van der Waals surface area contributed by atoms with Gasteiger partial charge in [0.1, 0.15) is 0 Å². The minimum atomic E-state index is -3.29. The van der Waals surface area contributed by atoms with Gasteiger partial charge >= 0.3 is 5.92 Å². The lowest BCUT2D eigenvalue weighted by molar-refractivity contribution is 0.0221. The number of unbranched alkanes of at least 4 members (excludes halogenated alkanes) is 3. The Kier molecular flexibility index (Phi) is 6.94. The number of Topliss-reactive ketones (excluding diaryl/α,β-unsaturated/α-hetero) is 1. The fourth-order valence-electron chi connectivity index (χ4n) is 3.80. The molecule has 1 saturated carbocycles. The average molecular weight is 336 g/mol. The maximum Gasteiger partial charge on any atom is 0.307 e. The van der Waals surface area contributed by atoms with E-state index in [1.165, 1.54) is 63.4 Å². The quantitative estimate of drug-likeness (QED) is 0.378. The van der Waals surface area contributed by atoms with Crippen LogP contribution in [-0.2, 0) is 0 Å². The topological polar surface area (TPSA) is 17.1 Å². The van der Waals surface area contributed by atoms with Gasteiger partial charge in [-0.3, -0.25) is 4.79 Å². The highest BCUT2D eigenvalue weighted by Crippen LogP contribution is 2.38. The van der Waals surface area contributed by atoms with Gasteiger partial charge in [0.2, 0.25) is 5.78 Å². The first-order valence-corrected chi connectivity index (χ1v) is 9.44. The van der Waals surface area contributed by atoms with E-state index in [2.05, 4.69) is 6.92 Å². The summed E-state index contributed by atoms with van der Waals surface area (Å²) in [6.07, 6.45) is 11.6. The number of carbonyl (C=O) groups excluding carboxylic acids is 1. The Morgan fingerprint density at radius 2 is 1.67 bits per heavy atom. The largest absolute Gasteiger partial charge is 0.307 e. The van der Waals surface area contributed by atoms with E-state index in [1.54, 1.807) is 12.1 Å². The van der Waals surface area contributed by atoms with Crippen molar-refractivity contribution < 1.29 is 13.6 Å². The second-order valence-electron chi connectivity index (χ2n) is 7.41. The molecule has 24 heavy (non-hydrogen) atoms. The second-order valence-corrected chi connectivity index (χ2v) is 7.41. The number of rotatable bonds is 8. The first kappa shape index (κ1) is 19.1. The molecule has 0 aromatic heterocycles. The van der Waals surface area contributed by atoms with Gasteiger partial charge in [0.25, 0.3) is 0 Å². The lowest BCUT2D eigenvalue weighted by atomic mass is 9.77. The van der Waals surface area contributed by atoms with Gasteiger partial charge < -0.3 is 0 Å². The standard InChI is InChI=1S/C21H30F2O/c1-3-4-5-6-7-16-8-10-17(11-9-16)18-12-14-19(15-13-18)20(24)21(2,22)23/h12-17H,3-11H2,1-2H3. The van der Waals surface area contributed by atoms with Crippen LogP contribution in [0.5, 0.6) is 0 Å². The number of alkyl halides is 2. The highest BCUT2D eigenvalue weighted by atomic mass is 19.3. The van der Waals surface area contributed by atoms with E-state index in [0.29, 0.717) is 12.8 Å². The number of benzene rings is 1. The van der Waals surface area contributed by atoms with E-state index in [-0.39, 0.29) is 5.56 Å². The van der Waals surface area contributed by atoms with Crippen LogP contribution in [0.2, 0.25) is 0 Å². The van der Waals surface area contributed by atoms with Gasteiger partial charge in [-0.1, -0.05) is 63.3 Å². The lowest BCUT2D eigenvalue weighted by Crippen LogP contribution is -2.24. The van der Waals surface area contributed by atoms with Crippen LogP contribution in [0.25, 0.3) is 0 Å².